The van der Waals surface area contributed by atoms with Crippen molar-refractivity contribution in [2.75, 3.05) is 18.9 Å². The van der Waals surface area contributed by atoms with E-state index in [4.69, 9.17) is 22.1 Å². The molecule has 0 radical (unpaired) electrons. The number of nitrogen functional groups attached to an aromatic ring is 1. The molecule has 0 bridgehead atoms. The van der Waals surface area contributed by atoms with Crippen molar-refractivity contribution in [3.63, 3.8) is 0 Å². The number of carbonyl (C=O) groups excluding carboxylic acids is 3. The smallest absolute Gasteiger partial charge is 0.340 e. The van der Waals surface area contributed by atoms with E-state index >= 15 is 0 Å². The minimum absolute atomic E-state index is 0.134. The van der Waals surface area contributed by atoms with Gasteiger partial charge >= 0.3 is 5.97 Å². The molecule has 1 aliphatic heterocycles. The van der Waals surface area contributed by atoms with Crippen molar-refractivity contribution in [2.24, 2.45) is 0 Å². The number of esters is 1. The predicted molar refractivity (Wildman–Crippen MR) is 72.1 cm³/mol. The number of benzene rings is 1. The van der Waals surface area contributed by atoms with Crippen molar-refractivity contribution >= 4 is 35.1 Å². The van der Waals surface area contributed by atoms with Crippen LogP contribution in [0, 0.1) is 0 Å². The van der Waals surface area contributed by atoms with Gasteiger partial charge in [0.2, 0.25) is 5.91 Å². The highest BCUT2D eigenvalue weighted by atomic mass is 35.5. The van der Waals surface area contributed by atoms with E-state index in [2.05, 4.69) is 0 Å². The second-order valence-electron chi connectivity index (χ2n) is 4.35. The summed E-state index contributed by atoms with van der Waals surface area (Å²) < 4.78 is 4.87. The molecule has 0 aromatic heterocycles. The van der Waals surface area contributed by atoms with Gasteiger partial charge < -0.3 is 10.5 Å². The maximum absolute atomic E-state index is 11.8. The number of imide groups is 1. The van der Waals surface area contributed by atoms with Crippen LogP contribution in [0.2, 0.25) is 5.02 Å². The van der Waals surface area contributed by atoms with Gasteiger partial charge in [-0.05, 0) is 24.6 Å². The molecule has 2 amide bonds. The Bertz CT molecular complexity index is 573. The van der Waals surface area contributed by atoms with Crippen LogP contribution in [0.15, 0.2) is 18.2 Å². The van der Waals surface area contributed by atoms with Gasteiger partial charge in [0, 0.05) is 23.7 Å². The van der Waals surface area contributed by atoms with Crippen molar-refractivity contribution in [1.29, 1.82) is 0 Å². The Morgan fingerprint density at radius 3 is 2.75 bits per heavy atom. The Morgan fingerprint density at radius 2 is 2.15 bits per heavy atom. The van der Waals surface area contributed by atoms with Crippen LogP contribution in [0.25, 0.3) is 0 Å². The van der Waals surface area contributed by atoms with Gasteiger partial charge in [-0.1, -0.05) is 11.6 Å². The SMILES string of the molecule is Nc1cc(Cl)ccc1C(=O)OCC(=O)N1CCCC1=O. The standard InChI is InChI=1S/C13H13ClN2O4/c14-8-3-4-9(10(15)6-8)13(19)20-7-12(18)16-5-1-2-11(16)17/h3-4,6H,1-2,5,7,15H2. The third-order valence-corrected chi connectivity index (χ3v) is 3.17. The number of likely N-dealkylation sites (tertiary alicyclic amines) is 1. The number of carbonyl (C=O) groups is 3. The largest absolute Gasteiger partial charge is 0.452 e. The molecular weight excluding hydrogens is 284 g/mol. The third-order valence-electron chi connectivity index (χ3n) is 2.93. The molecule has 1 aliphatic rings. The second kappa shape index (κ2) is 5.92. The number of nitrogens with zero attached hydrogens (tertiary/aromatic N) is 1. The van der Waals surface area contributed by atoms with Crippen LogP contribution in [0.3, 0.4) is 0 Å². The highest BCUT2D eigenvalue weighted by molar-refractivity contribution is 6.31. The van der Waals surface area contributed by atoms with Crippen LogP contribution in [0.5, 0.6) is 0 Å². The Hall–Kier alpha value is -2.08. The van der Waals surface area contributed by atoms with E-state index in [0.29, 0.717) is 24.4 Å². The van der Waals surface area contributed by atoms with Crippen molar-refractivity contribution in [3.8, 4) is 0 Å². The maximum atomic E-state index is 11.8. The van der Waals surface area contributed by atoms with E-state index in [-0.39, 0.29) is 17.2 Å². The van der Waals surface area contributed by atoms with E-state index in [1.165, 1.54) is 18.2 Å². The lowest BCUT2D eigenvalue weighted by molar-refractivity contribution is -0.143. The Kier molecular flexibility index (Phi) is 4.24. The van der Waals surface area contributed by atoms with E-state index in [9.17, 15) is 14.4 Å². The van der Waals surface area contributed by atoms with Gasteiger partial charge in [0.15, 0.2) is 6.61 Å². The molecule has 0 saturated carbocycles. The number of ether oxygens (including phenoxy) is 1. The van der Waals surface area contributed by atoms with Crippen LogP contribution in [0.4, 0.5) is 5.69 Å². The summed E-state index contributed by atoms with van der Waals surface area (Å²) in [6.45, 7) is -0.106. The Balaban J connectivity index is 1.95. The Morgan fingerprint density at radius 1 is 1.40 bits per heavy atom. The summed E-state index contributed by atoms with van der Waals surface area (Å²) in [5.41, 5.74) is 5.95. The predicted octanol–water partition coefficient (Wildman–Crippen LogP) is 1.23. The van der Waals surface area contributed by atoms with Gasteiger partial charge in [-0.2, -0.15) is 0 Å². The lowest BCUT2D eigenvalue weighted by Gasteiger charge is -2.13. The first-order chi connectivity index (χ1) is 9.49. The van der Waals surface area contributed by atoms with Crippen molar-refractivity contribution in [2.45, 2.75) is 12.8 Å². The van der Waals surface area contributed by atoms with Crippen LogP contribution < -0.4 is 5.73 Å². The zero-order valence-electron chi connectivity index (χ0n) is 10.6. The van der Waals surface area contributed by atoms with Crippen LogP contribution in [0.1, 0.15) is 23.2 Å². The molecule has 20 heavy (non-hydrogen) atoms. The van der Waals surface area contributed by atoms with E-state index in [0.717, 1.165) is 4.90 Å². The summed E-state index contributed by atoms with van der Waals surface area (Å²) in [5.74, 6) is -1.48. The zero-order valence-corrected chi connectivity index (χ0v) is 11.4. The Labute approximate surface area is 120 Å². The molecule has 0 spiro atoms. The van der Waals surface area contributed by atoms with Gasteiger partial charge in [-0.25, -0.2) is 4.79 Å². The van der Waals surface area contributed by atoms with Crippen molar-refractivity contribution in [1.82, 2.24) is 4.90 Å². The quantitative estimate of drug-likeness (QED) is 0.669. The zero-order chi connectivity index (χ0) is 14.7. The number of amides is 2. The number of hydrogen-bond acceptors (Lipinski definition) is 5. The highest BCUT2D eigenvalue weighted by Crippen LogP contribution is 2.19. The molecule has 106 valence electrons. The molecule has 0 atom stereocenters. The molecule has 1 aromatic rings. The van der Waals surface area contributed by atoms with Crippen LogP contribution in [-0.2, 0) is 14.3 Å². The lowest BCUT2D eigenvalue weighted by Crippen LogP contribution is -2.35. The minimum atomic E-state index is -0.723. The number of hydrogen-bond donors (Lipinski definition) is 1. The summed E-state index contributed by atoms with van der Waals surface area (Å²) in [4.78, 5) is 35.9. The molecule has 1 fully saturated rings. The third kappa shape index (κ3) is 3.08. The molecule has 6 nitrogen and oxygen atoms in total. The van der Waals surface area contributed by atoms with Gasteiger partial charge in [0.1, 0.15) is 0 Å². The van der Waals surface area contributed by atoms with Crippen LogP contribution in [-0.4, -0.2) is 35.8 Å². The molecule has 7 heteroatoms. The summed E-state index contributed by atoms with van der Waals surface area (Å²) in [5, 5.41) is 0.401. The van der Waals surface area contributed by atoms with Gasteiger partial charge in [0.25, 0.3) is 5.91 Å². The first kappa shape index (κ1) is 14.3. The summed E-state index contributed by atoms with van der Waals surface area (Å²) in [6, 6.07) is 4.34. The van der Waals surface area contributed by atoms with Crippen molar-refractivity contribution < 1.29 is 19.1 Å². The fraction of sp³-hybridized carbons (Fsp3) is 0.308. The highest BCUT2D eigenvalue weighted by Gasteiger charge is 2.27. The molecule has 1 heterocycles. The lowest BCUT2D eigenvalue weighted by atomic mass is 10.2. The van der Waals surface area contributed by atoms with E-state index < -0.39 is 18.5 Å². The molecular formula is C13H13ClN2O4. The average Bonchev–Trinajstić information content (AvgIpc) is 2.82. The monoisotopic (exact) mass is 296 g/mol. The molecule has 1 aromatic carbocycles. The first-order valence-corrected chi connectivity index (χ1v) is 6.42. The average molecular weight is 297 g/mol. The minimum Gasteiger partial charge on any atom is -0.452 e. The summed E-state index contributed by atoms with van der Waals surface area (Å²) in [6.07, 6.45) is 0.993. The second-order valence-corrected chi connectivity index (χ2v) is 4.79. The number of anilines is 1. The fourth-order valence-electron chi connectivity index (χ4n) is 1.91. The molecule has 1 saturated heterocycles. The summed E-state index contributed by atoms with van der Waals surface area (Å²) in [7, 11) is 0. The summed E-state index contributed by atoms with van der Waals surface area (Å²) >= 11 is 5.72. The van der Waals surface area contributed by atoms with E-state index in [1.54, 1.807) is 0 Å². The van der Waals surface area contributed by atoms with Gasteiger partial charge in [0.05, 0.1) is 5.56 Å². The number of nitrogens with two attached hydrogens (primary N) is 1. The molecule has 0 unspecified atom stereocenters. The molecule has 2 N–H and O–H groups in total. The van der Waals surface area contributed by atoms with Crippen molar-refractivity contribution in [3.05, 3.63) is 28.8 Å². The number of halogens is 1. The fourth-order valence-corrected chi connectivity index (χ4v) is 2.09. The topological polar surface area (TPSA) is 89.7 Å². The molecule has 0 aliphatic carbocycles. The van der Waals surface area contributed by atoms with Gasteiger partial charge in [-0.3, -0.25) is 14.5 Å². The van der Waals surface area contributed by atoms with E-state index in [1.807, 2.05) is 0 Å². The number of rotatable bonds is 3. The first-order valence-electron chi connectivity index (χ1n) is 6.04. The maximum Gasteiger partial charge on any atom is 0.340 e. The van der Waals surface area contributed by atoms with Crippen LogP contribution >= 0.6 is 11.6 Å². The van der Waals surface area contributed by atoms with Gasteiger partial charge in [-0.15, -0.1) is 0 Å². The molecule has 2 rings (SSSR count). The normalized spacial score (nSPS) is 14.4.